The average molecular weight is 380 g/mol. The van der Waals surface area contributed by atoms with Gasteiger partial charge in [-0.1, -0.05) is 57.0 Å². The van der Waals surface area contributed by atoms with Crippen molar-refractivity contribution in [1.29, 1.82) is 0 Å². The van der Waals surface area contributed by atoms with Gasteiger partial charge in [-0.15, -0.1) is 0 Å². The zero-order chi connectivity index (χ0) is 20.6. The Hall–Kier alpha value is -2.69. The van der Waals surface area contributed by atoms with Gasteiger partial charge < -0.3 is 9.67 Å². The molecular weight excluding hydrogens is 350 g/mol. The fourth-order valence-electron chi connectivity index (χ4n) is 3.97. The highest BCUT2D eigenvalue weighted by Crippen LogP contribution is 2.39. The molecule has 0 radical (unpaired) electrons. The van der Waals surface area contributed by atoms with E-state index in [1.54, 1.807) is 0 Å². The van der Waals surface area contributed by atoms with E-state index in [1.807, 2.05) is 32.4 Å². The van der Waals surface area contributed by atoms with Gasteiger partial charge in [-0.3, -0.25) is 4.79 Å². The quantitative estimate of drug-likeness (QED) is 0.627. The molecule has 0 bridgehead atoms. The number of aryl methyl sites for hydroxylation is 3. The summed E-state index contributed by atoms with van der Waals surface area (Å²) in [5.74, 6) is -0.198. The first kappa shape index (κ1) is 20.1. The van der Waals surface area contributed by atoms with Crippen LogP contribution in [0.4, 0.5) is 0 Å². The van der Waals surface area contributed by atoms with Crippen LogP contribution in [0.3, 0.4) is 0 Å². The number of carboxylic acids is 1. The maximum absolute atomic E-state index is 12.1. The summed E-state index contributed by atoms with van der Waals surface area (Å²) in [4.78, 5) is 21.9. The Kier molecular flexibility index (Phi) is 5.54. The second-order valence-corrected chi connectivity index (χ2v) is 7.89. The molecule has 5 heteroatoms. The molecule has 5 nitrogen and oxygen atoms in total. The van der Waals surface area contributed by atoms with E-state index in [2.05, 4.69) is 38.1 Å². The smallest absolute Gasteiger partial charge is 0.311 e. The first-order chi connectivity index (χ1) is 13.3. The van der Waals surface area contributed by atoms with Gasteiger partial charge in [-0.05, 0) is 31.4 Å². The number of pyridine rings is 1. The van der Waals surface area contributed by atoms with E-state index in [9.17, 15) is 9.90 Å². The van der Waals surface area contributed by atoms with Gasteiger partial charge in [0.15, 0.2) is 5.65 Å². The molecule has 3 rings (SSSR count). The monoisotopic (exact) mass is 379 g/mol. The van der Waals surface area contributed by atoms with Gasteiger partial charge >= 0.3 is 5.97 Å². The standard InChI is InChI=1S/C23H29N3O2/c1-7-8-17(23(27)28)18-15(5)24-22-20(25-21(13(2)3)26(22)6)19(18)16-11-9-14(4)10-12-16/h9-13,17H,7-8H2,1-6H3,(H,27,28). The van der Waals surface area contributed by atoms with Gasteiger partial charge in [0, 0.05) is 24.2 Å². The molecule has 0 aliphatic rings. The lowest BCUT2D eigenvalue weighted by Gasteiger charge is -2.19. The predicted octanol–water partition coefficient (Wildman–Crippen LogP) is 5.34. The summed E-state index contributed by atoms with van der Waals surface area (Å²) < 4.78 is 2.03. The lowest BCUT2D eigenvalue weighted by molar-refractivity contribution is -0.139. The Morgan fingerprint density at radius 1 is 1.14 bits per heavy atom. The van der Waals surface area contributed by atoms with Crippen molar-refractivity contribution < 1.29 is 9.90 Å². The van der Waals surface area contributed by atoms with Crippen LogP contribution in [0.5, 0.6) is 0 Å². The van der Waals surface area contributed by atoms with Crippen molar-refractivity contribution in [3.8, 4) is 11.1 Å². The lowest BCUT2D eigenvalue weighted by atomic mass is 9.86. The number of fused-ring (bicyclic) bond motifs is 1. The molecule has 0 aliphatic carbocycles. The molecule has 2 aromatic heterocycles. The van der Waals surface area contributed by atoms with Crippen LogP contribution in [0.15, 0.2) is 24.3 Å². The molecule has 0 saturated heterocycles. The van der Waals surface area contributed by atoms with Crippen LogP contribution < -0.4 is 0 Å². The van der Waals surface area contributed by atoms with E-state index < -0.39 is 11.9 Å². The number of rotatable bonds is 6. The summed E-state index contributed by atoms with van der Waals surface area (Å²) in [5.41, 5.74) is 6.22. The molecule has 28 heavy (non-hydrogen) atoms. The largest absolute Gasteiger partial charge is 0.481 e. The summed E-state index contributed by atoms with van der Waals surface area (Å²) >= 11 is 0. The number of carbonyl (C=O) groups is 1. The number of carboxylic acid groups (broad SMARTS) is 1. The number of hydrogen-bond donors (Lipinski definition) is 1. The number of hydrogen-bond acceptors (Lipinski definition) is 3. The van der Waals surface area contributed by atoms with Crippen molar-refractivity contribution in [3.63, 3.8) is 0 Å². The highest BCUT2D eigenvalue weighted by Gasteiger charge is 2.29. The highest BCUT2D eigenvalue weighted by molar-refractivity contribution is 5.95. The average Bonchev–Trinajstić information content (AvgIpc) is 2.96. The second kappa shape index (κ2) is 7.74. The second-order valence-electron chi connectivity index (χ2n) is 7.89. The number of benzene rings is 1. The summed E-state index contributed by atoms with van der Waals surface area (Å²) in [6.45, 7) is 10.2. The van der Waals surface area contributed by atoms with E-state index in [1.165, 1.54) is 5.56 Å². The van der Waals surface area contributed by atoms with Crippen LogP contribution in [0, 0.1) is 13.8 Å². The lowest BCUT2D eigenvalue weighted by Crippen LogP contribution is -2.15. The molecule has 0 saturated carbocycles. The zero-order valence-electron chi connectivity index (χ0n) is 17.6. The Morgan fingerprint density at radius 2 is 1.79 bits per heavy atom. The third kappa shape index (κ3) is 3.41. The van der Waals surface area contributed by atoms with Crippen LogP contribution in [-0.2, 0) is 11.8 Å². The Bertz CT molecular complexity index is 1020. The van der Waals surface area contributed by atoms with Gasteiger partial charge in [-0.2, -0.15) is 0 Å². The summed E-state index contributed by atoms with van der Waals surface area (Å²) in [6.07, 6.45) is 1.37. The number of aliphatic carboxylic acids is 1. The van der Waals surface area contributed by atoms with Gasteiger partial charge in [0.05, 0.1) is 5.92 Å². The normalized spacial score (nSPS) is 12.7. The fourth-order valence-corrected chi connectivity index (χ4v) is 3.97. The summed E-state index contributed by atoms with van der Waals surface area (Å²) in [7, 11) is 1.98. The molecular formula is C23H29N3O2. The predicted molar refractivity (Wildman–Crippen MR) is 113 cm³/mol. The maximum atomic E-state index is 12.1. The van der Waals surface area contributed by atoms with Crippen molar-refractivity contribution >= 4 is 17.1 Å². The molecule has 1 atom stereocenters. The van der Waals surface area contributed by atoms with Crippen LogP contribution in [-0.4, -0.2) is 25.6 Å². The molecule has 148 valence electrons. The third-order valence-electron chi connectivity index (χ3n) is 5.35. The minimum Gasteiger partial charge on any atom is -0.481 e. The van der Waals surface area contributed by atoms with E-state index in [4.69, 9.17) is 9.97 Å². The van der Waals surface area contributed by atoms with E-state index in [0.29, 0.717) is 6.42 Å². The summed E-state index contributed by atoms with van der Waals surface area (Å²) in [6, 6.07) is 8.23. The molecule has 1 aromatic carbocycles. The molecule has 3 aromatic rings. The van der Waals surface area contributed by atoms with E-state index in [0.717, 1.165) is 45.8 Å². The Balaban J connectivity index is 2.44. The molecule has 1 unspecified atom stereocenters. The number of imidazole rings is 1. The van der Waals surface area contributed by atoms with Crippen LogP contribution >= 0.6 is 0 Å². The van der Waals surface area contributed by atoms with Crippen LogP contribution in [0.1, 0.15) is 68.1 Å². The van der Waals surface area contributed by atoms with Crippen molar-refractivity contribution in [2.45, 2.75) is 59.3 Å². The fraction of sp³-hybridized carbons (Fsp3) is 0.435. The van der Waals surface area contributed by atoms with Crippen molar-refractivity contribution in [3.05, 3.63) is 46.9 Å². The zero-order valence-corrected chi connectivity index (χ0v) is 17.6. The van der Waals surface area contributed by atoms with Crippen molar-refractivity contribution in [2.75, 3.05) is 0 Å². The maximum Gasteiger partial charge on any atom is 0.311 e. The first-order valence-corrected chi connectivity index (χ1v) is 9.92. The molecule has 0 spiro atoms. The molecule has 1 N–H and O–H groups in total. The number of aromatic nitrogens is 3. The van der Waals surface area contributed by atoms with E-state index >= 15 is 0 Å². The first-order valence-electron chi connectivity index (χ1n) is 9.92. The molecule has 0 fully saturated rings. The molecule has 0 amide bonds. The van der Waals surface area contributed by atoms with Gasteiger partial charge in [0.1, 0.15) is 11.3 Å². The molecule has 2 heterocycles. The van der Waals surface area contributed by atoms with Gasteiger partial charge in [-0.25, -0.2) is 9.97 Å². The topological polar surface area (TPSA) is 68.0 Å². The van der Waals surface area contributed by atoms with Crippen molar-refractivity contribution in [2.24, 2.45) is 7.05 Å². The van der Waals surface area contributed by atoms with Gasteiger partial charge in [0.2, 0.25) is 0 Å². The van der Waals surface area contributed by atoms with Crippen LogP contribution in [0.2, 0.25) is 0 Å². The number of nitrogens with zero attached hydrogens (tertiary/aromatic N) is 3. The van der Waals surface area contributed by atoms with Crippen LogP contribution in [0.25, 0.3) is 22.3 Å². The van der Waals surface area contributed by atoms with E-state index in [-0.39, 0.29) is 5.92 Å². The molecule has 0 aliphatic heterocycles. The highest BCUT2D eigenvalue weighted by atomic mass is 16.4. The minimum absolute atomic E-state index is 0.250. The third-order valence-corrected chi connectivity index (χ3v) is 5.35. The minimum atomic E-state index is -0.806. The Labute approximate surface area is 166 Å². The Morgan fingerprint density at radius 3 is 2.32 bits per heavy atom. The van der Waals surface area contributed by atoms with Gasteiger partial charge in [0.25, 0.3) is 0 Å². The van der Waals surface area contributed by atoms with Crippen molar-refractivity contribution in [1.82, 2.24) is 14.5 Å². The summed E-state index contributed by atoms with van der Waals surface area (Å²) in [5, 5.41) is 9.96. The SMILES string of the molecule is CCCC(C(=O)O)c1c(C)nc2c(nc(C(C)C)n2C)c1-c1ccc(C)cc1.